The molecule has 1 N–H and O–H groups in total. The van der Waals surface area contributed by atoms with Crippen molar-refractivity contribution in [2.75, 3.05) is 12.8 Å². The molecule has 17 heavy (non-hydrogen) atoms. The highest BCUT2D eigenvalue weighted by Crippen LogP contribution is 2.33. The number of hydrogen-bond acceptors (Lipinski definition) is 3. The second-order valence-electron chi connectivity index (χ2n) is 4.03. The van der Waals surface area contributed by atoms with Crippen LogP contribution in [0.1, 0.15) is 31.6 Å². The monoisotopic (exact) mass is 399 g/mol. The lowest BCUT2D eigenvalue weighted by Gasteiger charge is -2.29. The Morgan fingerprint density at radius 1 is 1.35 bits per heavy atom. The molecule has 1 aromatic heterocycles. The van der Waals surface area contributed by atoms with Crippen molar-refractivity contribution in [3.8, 4) is 0 Å². The normalized spacial score (nSPS) is 12.1. The summed E-state index contributed by atoms with van der Waals surface area (Å²) in [6, 6.07) is 2.18. The SMILES string of the molecule is CCC(CC)(CNCc1cc(Br)c(Br)s1)SC. The zero-order valence-corrected chi connectivity index (χ0v) is 15.3. The lowest BCUT2D eigenvalue weighted by Crippen LogP contribution is -2.36. The molecular formula is C12H19Br2NS2. The number of thioether (sulfide) groups is 1. The average Bonchev–Trinajstić information content (AvgIpc) is 2.65. The van der Waals surface area contributed by atoms with Gasteiger partial charge in [0.1, 0.15) is 0 Å². The number of halogens is 2. The van der Waals surface area contributed by atoms with Gasteiger partial charge in [0.05, 0.1) is 3.79 Å². The molecule has 0 saturated heterocycles. The first-order valence-electron chi connectivity index (χ1n) is 5.76. The van der Waals surface area contributed by atoms with E-state index in [1.807, 2.05) is 11.8 Å². The molecule has 0 aliphatic carbocycles. The second-order valence-corrected chi connectivity index (χ2v) is 8.62. The minimum absolute atomic E-state index is 0.395. The fraction of sp³-hybridized carbons (Fsp3) is 0.667. The van der Waals surface area contributed by atoms with E-state index in [1.165, 1.54) is 21.5 Å². The third-order valence-corrected chi connectivity index (χ3v) is 8.01. The van der Waals surface area contributed by atoms with E-state index in [1.54, 1.807) is 11.3 Å². The van der Waals surface area contributed by atoms with Crippen LogP contribution in [0.15, 0.2) is 14.3 Å². The van der Waals surface area contributed by atoms with E-state index >= 15 is 0 Å². The van der Waals surface area contributed by atoms with Gasteiger partial charge in [-0.2, -0.15) is 11.8 Å². The molecule has 0 unspecified atom stereocenters. The van der Waals surface area contributed by atoms with E-state index in [4.69, 9.17) is 0 Å². The summed E-state index contributed by atoms with van der Waals surface area (Å²) in [6.45, 7) is 6.59. The maximum atomic E-state index is 3.58. The first-order valence-corrected chi connectivity index (χ1v) is 9.39. The Morgan fingerprint density at radius 2 is 2.00 bits per heavy atom. The Morgan fingerprint density at radius 3 is 2.41 bits per heavy atom. The second kappa shape index (κ2) is 7.53. The average molecular weight is 401 g/mol. The van der Waals surface area contributed by atoms with E-state index in [0.717, 1.165) is 17.6 Å². The van der Waals surface area contributed by atoms with Gasteiger partial charge in [-0.3, -0.25) is 0 Å². The van der Waals surface area contributed by atoms with Crippen molar-refractivity contribution in [3.05, 3.63) is 19.2 Å². The predicted octanol–water partition coefficient (Wildman–Crippen LogP) is 5.28. The number of rotatable bonds is 7. The highest BCUT2D eigenvalue weighted by Gasteiger charge is 2.24. The van der Waals surface area contributed by atoms with Crippen molar-refractivity contribution >= 4 is 55.0 Å². The Labute approximate surface area is 129 Å². The maximum Gasteiger partial charge on any atom is 0.0843 e. The fourth-order valence-electron chi connectivity index (χ4n) is 1.75. The molecule has 0 amide bonds. The molecule has 0 aliphatic rings. The summed E-state index contributed by atoms with van der Waals surface area (Å²) in [5.41, 5.74) is 0. The van der Waals surface area contributed by atoms with Gasteiger partial charge in [0.25, 0.3) is 0 Å². The summed E-state index contributed by atoms with van der Waals surface area (Å²) >= 11 is 10.8. The lowest BCUT2D eigenvalue weighted by molar-refractivity contribution is 0.496. The molecule has 1 heterocycles. The van der Waals surface area contributed by atoms with Gasteiger partial charge >= 0.3 is 0 Å². The van der Waals surface area contributed by atoms with Crippen LogP contribution in [0, 0.1) is 0 Å². The van der Waals surface area contributed by atoms with Gasteiger partial charge in [-0.05, 0) is 57.0 Å². The number of hydrogen-bond donors (Lipinski definition) is 1. The molecule has 1 rings (SSSR count). The number of nitrogens with one attached hydrogen (secondary N) is 1. The Hall–Kier alpha value is 0.970. The topological polar surface area (TPSA) is 12.0 Å². The standard InChI is InChI=1S/C12H19Br2NS2/c1-4-12(5-2,16-3)8-15-7-9-6-10(13)11(14)17-9/h6,15H,4-5,7-8H2,1-3H3. The van der Waals surface area contributed by atoms with Gasteiger partial charge in [-0.1, -0.05) is 13.8 Å². The summed E-state index contributed by atoms with van der Waals surface area (Å²) in [5, 5.41) is 3.58. The smallest absolute Gasteiger partial charge is 0.0843 e. The van der Waals surface area contributed by atoms with Crippen LogP contribution >= 0.6 is 55.0 Å². The summed E-state index contributed by atoms with van der Waals surface area (Å²) in [6.07, 6.45) is 4.65. The molecule has 0 saturated carbocycles. The van der Waals surface area contributed by atoms with Crippen LogP contribution in [-0.2, 0) is 6.54 Å². The van der Waals surface area contributed by atoms with Crippen LogP contribution in [0.2, 0.25) is 0 Å². The van der Waals surface area contributed by atoms with Crippen molar-refractivity contribution in [2.24, 2.45) is 0 Å². The third kappa shape index (κ3) is 4.53. The van der Waals surface area contributed by atoms with Crippen LogP contribution in [0.5, 0.6) is 0 Å². The van der Waals surface area contributed by atoms with Crippen LogP contribution in [-0.4, -0.2) is 17.5 Å². The van der Waals surface area contributed by atoms with Crippen molar-refractivity contribution in [1.29, 1.82) is 0 Å². The minimum Gasteiger partial charge on any atom is -0.310 e. The van der Waals surface area contributed by atoms with Gasteiger partial charge in [0, 0.05) is 27.2 Å². The Kier molecular flexibility index (Phi) is 7.10. The maximum absolute atomic E-state index is 3.58. The van der Waals surface area contributed by atoms with Gasteiger partial charge in [0.15, 0.2) is 0 Å². The highest BCUT2D eigenvalue weighted by molar-refractivity contribution is 9.13. The quantitative estimate of drug-likeness (QED) is 0.667. The summed E-state index contributed by atoms with van der Waals surface area (Å²) < 4.78 is 2.73. The molecule has 0 aliphatic heterocycles. The Bertz CT molecular complexity index is 321. The van der Waals surface area contributed by atoms with E-state index in [2.05, 4.69) is 63.3 Å². The first kappa shape index (κ1) is 16.0. The van der Waals surface area contributed by atoms with E-state index < -0.39 is 0 Å². The highest BCUT2D eigenvalue weighted by atomic mass is 79.9. The largest absolute Gasteiger partial charge is 0.310 e. The van der Waals surface area contributed by atoms with Crippen molar-refractivity contribution in [2.45, 2.75) is 38.0 Å². The van der Waals surface area contributed by atoms with Crippen LogP contribution < -0.4 is 5.32 Å². The van der Waals surface area contributed by atoms with Crippen LogP contribution in [0.4, 0.5) is 0 Å². The summed E-state index contributed by atoms with van der Waals surface area (Å²) in [7, 11) is 0. The molecular weight excluding hydrogens is 382 g/mol. The molecule has 0 fully saturated rings. The molecule has 0 spiro atoms. The minimum atomic E-state index is 0.395. The van der Waals surface area contributed by atoms with Crippen molar-refractivity contribution < 1.29 is 0 Å². The van der Waals surface area contributed by atoms with Crippen molar-refractivity contribution in [1.82, 2.24) is 5.32 Å². The molecule has 0 atom stereocenters. The van der Waals surface area contributed by atoms with E-state index in [9.17, 15) is 0 Å². The third-order valence-electron chi connectivity index (χ3n) is 3.16. The van der Waals surface area contributed by atoms with Crippen molar-refractivity contribution in [3.63, 3.8) is 0 Å². The van der Waals surface area contributed by atoms with E-state index in [0.29, 0.717) is 4.75 Å². The molecule has 5 heteroatoms. The molecule has 1 nitrogen and oxygen atoms in total. The fourth-order valence-corrected chi connectivity index (χ4v) is 4.72. The zero-order chi connectivity index (χ0) is 12.9. The van der Waals surface area contributed by atoms with Gasteiger partial charge in [0.2, 0.25) is 0 Å². The molecule has 0 bridgehead atoms. The van der Waals surface area contributed by atoms with E-state index in [-0.39, 0.29) is 0 Å². The zero-order valence-electron chi connectivity index (χ0n) is 10.5. The lowest BCUT2D eigenvalue weighted by atomic mass is 10.0. The molecule has 0 radical (unpaired) electrons. The first-order chi connectivity index (χ1) is 8.06. The van der Waals surface area contributed by atoms with Crippen LogP contribution in [0.3, 0.4) is 0 Å². The molecule has 0 aromatic carbocycles. The molecule has 98 valence electrons. The Balaban J connectivity index is 2.46. The number of thiophene rings is 1. The summed E-state index contributed by atoms with van der Waals surface area (Å²) in [5.74, 6) is 0. The van der Waals surface area contributed by atoms with Crippen LogP contribution in [0.25, 0.3) is 0 Å². The summed E-state index contributed by atoms with van der Waals surface area (Å²) in [4.78, 5) is 1.37. The molecule has 1 aromatic rings. The van der Waals surface area contributed by atoms with Gasteiger partial charge < -0.3 is 5.32 Å². The predicted molar refractivity (Wildman–Crippen MR) is 88.3 cm³/mol. The van der Waals surface area contributed by atoms with Gasteiger partial charge in [-0.15, -0.1) is 11.3 Å². The van der Waals surface area contributed by atoms with Gasteiger partial charge in [-0.25, -0.2) is 0 Å².